The summed E-state index contributed by atoms with van der Waals surface area (Å²) in [6.07, 6.45) is 0.443. The van der Waals surface area contributed by atoms with Gasteiger partial charge in [0, 0.05) is 26.2 Å². The van der Waals surface area contributed by atoms with Crippen molar-refractivity contribution in [1.29, 1.82) is 0 Å². The van der Waals surface area contributed by atoms with E-state index in [2.05, 4.69) is 12.2 Å². The minimum Gasteiger partial charge on any atom is -0.314 e. The van der Waals surface area contributed by atoms with Gasteiger partial charge in [0.2, 0.25) is 0 Å². The number of hydrogen-bond acceptors (Lipinski definition) is 4. The lowest BCUT2D eigenvalue weighted by Gasteiger charge is -2.30. The topological polar surface area (TPSA) is 49.4 Å². The van der Waals surface area contributed by atoms with Crippen LogP contribution in [0.15, 0.2) is 0 Å². The first-order valence-electron chi connectivity index (χ1n) is 4.13. The normalized spacial score (nSPS) is 22.8. The van der Waals surface area contributed by atoms with Gasteiger partial charge < -0.3 is 5.32 Å². The largest absolute Gasteiger partial charge is 0.314 e. The van der Waals surface area contributed by atoms with Crippen molar-refractivity contribution in [3.8, 4) is 0 Å². The summed E-state index contributed by atoms with van der Waals surface area (Å²) >= 11 is 0. The molecule has 0 aromatic carbocycles. The molecule has 1 atom stereocenters. The van der Waals surface area contributed by atoms with E-state index >= 15 is 0 Å². The smallest absolute Gasteiger partial charge is 0.156 e. The first-order chi connectivity index (χ1) is 5.75. The molecule has 1 rings (SSSR count). The molecule has 1 N–H and O–H groups in total. The molecule has 0 aliphatic carbocycles. The van der Waals surface area contributed by atoms with Crippen LogP contribution in [0.25, 0.3) is 0 Å². The van der Waals surface area contributed by atoms with Crippen molar-refractivity contribution in [2.75, 3.05) is 26.2 Å². The Kier molecular flexibility index (Phi) is 3.97. The molecule has 1 heterocycles. The molecule has 0 saturated carbocycles. The van der Waals surface area contributed by atoms with Crippen molar-refractivity contribution in [2.45, 2.75) is 11.8 Å². The average Bonchev–Trinajstić information content (AvgIpc) is 2.07. The summed E-state index contributed by atoms with van der Waals surface area (Å²) in [5.41, 5.74) is 0. The van der Waals surface area contributed by atoms with Gasteiger partial charge in [-0.2, -0.15) is 0 Å². The highest BCUT2D eigenvalue weighted by molar-refractivity contribution is 7.73. The van der Waals surface area contributed by atoms with Crippen molar-refractivity contribution >= 4 is 10.7 Å². The Morgan fingerprint density at radius 2 is 2.00 bits per heavy atom. The van der Waals surface area contributed by atoms with Gasteiger partial charge >= 0.3 is 0 Å². The zero-order valence-corrected chi connectivity index (χ0v) is 7.93. The maximum Gasteiger partial charge on any atom is 0.156 e. The van der Waals surface area contributed by atoms with Gasteiger partial charge in [-0.15, -0.1) is 0 Å². The first kappa shape index (κ1) is 9.95. The Morgan fingerprint density at radius 3 is 2.42 bits per heavy atom. The first-order valence-corrected chi connectivity index (χ1v) is 5.38. The second-order valence-electron chi connectivity index (χ2n) is 2.84. The molecule has 0 amide bonds. The monoisotopic (exact) mass is 191 g/mol. The van der Waals surface area contributed by atoms with E-state index in [1.807, 2.05) is 4.90 Å². The molecule has 1 aliphatic heterocycles. The molecule has 1 fully saturated rings. The number of nitrogens with zero attached hydrogens (tertiary/aromatic N) is 1. The molecule has 71 valence electrons. The van der Waals surface area contributed by atoms with Gasteiger partial charge in [-0.25, -0.2) is 8.42 Å². The van der Waals surface area contributed by atoms with Gasteiger partial charge in [0.05, 0.1) is 0 Å². The van der Waals surface area contributed by atoms with E-state index < -0.39 is 10.7 Å². The van der Waals surface area contributed by atoms with Crippen molar-refractivity contribution < 1.29 is 8.42 Å². The molecular weight excluding hydrogens is 176 g/mol. The number of nitrogens with one attached hydrogen (secondary N) is 1. The van der Waals surface area contributed by atoms with Crippen LogP contribution in [0.2, 0.25) is 0 Å². The van der Waals surface area contributed by atoms with Gasteiger partial charge in [-0.1, -0.05) is 6.92 Å². The van der Waals surface area contributed by atoms with E-state index in [0.717, 1.165) is 26.2 Å². The lowest BCUT2D eigenvalue weighted by molar-refractivity contribution is 0.220. The molecule has 1 unspecified atom stereocenters. The van der Waals surface area contributed by atoms with Crippen LogP contribution in [0.3, 0.4) is 0 Å². The van der Waals surface area contributed by atoms with Crippen molar-refractivity contribution in [3.05, 3.63) is 6.92 Å². The maximum absolute atomic E-state index is 10.8. The number of thiol groups is 1. The molecule has 1 aliphatic rings. The number of piperazine rings is 1. The second kappa shape index (κ2) is 4.79. The lowest BCUT2D eigenvalue weighted by Crippen LogP contribution is -2.48. The lowest BCUT2D eigenvalue weighted by atomic mass is 10.3. The van der Waals surface area contributed by atoms with Crippen LogP contribution in [0.5, 0.6) is 0 Å². The molecule has 0 aromatic rings. The second-order valence-corrected chi connectivity index (χ2v) is 4.01. The van der Waals surface area contributed by atoms with Crippen LogP contribution in [0, 0.1) is 6.92 Å². The van der Waals surface area contributed by atoms with Crippen molar-refractivity contribution in [1.82, 2.24) is 10.2 Å². The zero-order valence-electron chi connectivity index (χ0n) is 7.03. The summed E-state index contributed by atoms with van der Waals surface area (Å²) in [4.78, 5) is 1.97. The van der Waals surface area contributed by atoms with E-state index in [1.54, 1.807) is 0 Å². The van der Waals surface area contributed by atoms with E-state index in [0.29, 0.717) is 6.42 Å². The fourth-order valence-corrected chi connectivity index (χ4v) is 2.11. The fraction of sp³-hybridized carbons (Fsp3) is 0.857. The zero-order chi connectivity index (χ0) is 8.97. The molecule has 4 nitrogen and oxygen atoms in total. The fourth-order valence-electron chi connectivity index (χ4n) is 1.40. The van der Waals surface area contributed by atoms with Crippen LogP contribution >= 0.6 is 0 Å². The highest BCUT2D eigenvalue weighted by atomic mass is 32.2. The van der Waals surface area contributed by atoms with Gasteiger partial charge in [-0.05, 0) is 6.42 Å². The third kappa shape index (κ3) is 2.43. The van der Waals surface area contributed by atoms with Gasteiger partial charge in [-0.3, -0.25) is 4.90 Å². The minimum absolute atomic E-state index is 0.359. The number of hydrogen-bond donors (Lipinski definition) is 2. The van der Waals surface area contributed by atoms with Gasteiger partial charge in [0.25, 0.3) is 0 Å². The number of rotatable bonds is 3. The summed E-state index contributed by atoms with van der Waals surface area (Å²) in [5, 5.41) is 2.81. The average molecular weight is 191 g/mol. The molecule has 0 bridgehead atoms. The Bertz CT molecular complexity index is 192. The highest BCUT2D eigenvalue weighted by Gasteiger charge is 2.20. The summed E-state index contributed by atoms with van der Waals surface area (Å²) in [6, 6.07) is 0. The van der Waals surface area contributed by atoms with Crippen molar-refractivity contribution in [2.24, 2.45) is 0 Å². The maximum atomic E-state index is 10.8. The SMILES string of the molecule is [CH2]CC(N1CCNCC1)[SH](=O)=O. The Morgan fingerprint density at radius 1 is 1.42 bits per heavy atom. The highest BCUT2D eigenvalue weighted by Crippen LogP contribution is 2.05. The molecule has 1 radical (unpaired) electrons. The third-order valence-corrected chi connectivity index (χ3v) is 3.15. The van der Waals surface area contributed by atoms with Crippen LogP contribution in [-0.4, -0.2) is 44.9 Å². The van der Waals surface area contributed by atoms with Crippen LogP contribution < -0.4 is 5.32 Å². The van der Waals surface area contributed by atoms with E-state index in [-0.39, 0.29) is 5.37 Å². The molecular formula is C7H15N2O2S. The molecule has 0 aromatic heterocycles. The molecule has 0 spiro atoms. The Labute approximate surface area is 74.9 Å². The van der Waals surface area contributed by atoms with Gasteiger partial charge in [0.15, 0.2) is 10.7 Å². The van der Waals surface area contributed by atoms with Crippen LogP contribution in [-0.2, 0) is 10.7 Å². The van der Waals surface area contributed by atoms with E-state index in [1.165, 1.54) is 0 Å². The van der Waals surface area contributed by atoms with Crippen molar-refractivity contribution in [3.63, 3.8) is 0 Å². The molecule has 12 heavy (non-hydrogen) atoms. The minimum atomic E-state index is -2.35. The predicted molar refractivity (Wildman–Crippen MR) is 48.5 cm³/mol. The van der Waals surface area contributed by atoms with Crippen LogP contribution in [0.4, 0.5) is 0 Å². The third-order valence-electron chi connectivity index (χ3n) is 2.07. The molecule has 1 saturated heterocycles. The summed E-state index contributed by atoms with van der Waals surface area (Å²) in [5.74, 6) is 0. The van der Waals surface area contributed by atoms with Gasteiger partial charge in [0.1, 0.15) is 5.37 Å². The quantitative estimate of drug-likeness (QED) is 0.565. The van der Waals surface area contributed by atoms with Crippen LogP contribution in [0.1, 0.15) is 6.42 Å². The van der Waals surface area contributed by atoms with E-state index in [9.17, 15) is 8.42 Å². The summed E-state index contributed by atoms with van der Waals surface area (Å²) in [7, 11) is -2.35. The summed E-state index contributed by atoms with van der Waals surface area (Å²) in [6.45, 7) is 7.00. The summed E-state index contributed by atoms with van der Waals surface area (Å²) < 4.78 is 21.5. The standard InChI is InChI=1S/C7H15N2O2S/c1-2-7(12(10)11)9-5-3-8-4-6-9/h7-8,12H,1-6H2. The predicted octanol–water partition coefficient (Wildman–Crippen LogP) is -0.947. The van der Waals surface area contributed by atoms with E-state index in [4.69, 9.17) is 0 Å². The molecule has 5 heteroatoms. The Hall–Kier alpha value is -0.130. The Balaban J connectivity index is 2.51.